The van der Waals surface area contributed by atoms with Crippen LogP contribution in [0.1, 0.15) is 44.1 Å². The number of halogens is 1. The standard InChI is InChI=1S/C19H28N2O.ClH/c22-19(17-10-6-12-20-14-17)21-18-11-5-4-9-16(18)13-15-7-2-1-3-8-15;/h1-3,7-8,16-18,20H,4-6,9-14H2,(H,21,22);1H. The van der Waals surface area contributed by atoms with E-state index in [9.17, 15) is 4.79 Å². The van der Waals surface area contributed by atoms with Crippen LogP contribution in [-0.2, 0) is 11.2 Å². The number of nitrogens with one attached hydrogen (secondary N) is 2. The molecule has 0 aromatic heterocycles. The summed E-state index contributed by atoms with van der Waals surface area (Å²) in [6, 6.07) is 11.1. The molecule has 3 rings (SSSR count). The lowest BCUT2D eigenvalue weighted by Crippen LogP contribution is -2.48. The maximum absolute atomic E-state index is 12.5. The van der Waals surface area contributed by atoms with Crippen LogP contribution < -0.4 is 10.6 Å². The first-order valence-corrected chi connectivity index (χ1v) is 8.88. The van der Waals surface area contributed by atoms with E-state index in [4.69, 9.17) is 0 Å². The molecular weight excluding hydrogens is 308 g/mol. The number of rotatable bonds is 4. The fraction of sp³-hybridized carbons (Fsp3) is 0.632. The second kappa shape index (κ2) is 9.29. The summed E-state index contributed by atoms with van der Waals surface area (Å²) in [4.78, 5) is 12.5. The first kappa shape index (κ1) is 18.3. The lowest BCUT2D eigenvalue weighted by atomic mass is 9.80. The van der Waals surface area contributed by atoms with Gasteiger partial charge >= 0.3 is 0 Å². The Labute approximate surface area is 146 Å². The summed E-state index contributed by atoms with van der Waals surface area (Å²) in [5.74, 6) is 1.04. The van der Waals surface area contributed by atoms with Crippen LogP contribution in [-0.4, -0.2) is 25.0 Å². The molecule has 4 heteroatoms. The van der Waals surface area contributed by atoms with Crippen LogP contribution in [0, 0.1) is 11.8 Å². The molecule has 23 heavy (non-hydrogen) atoms. The molecule has 3 atom stereocenters. The molecule has 0 bridgehead atoms. The Morgan fingerprint density at radius 3 is 2.61 bits per heavy atom. The van der Waals surface area contributed by atoms with Gasteiger partial charge in [0.25, 0.3) is 0 Å². The van der Waals surface area contributed by atoms with Crippen LogP contribution >= 0.6 is 12.4 Å². The maximum atomic E-state index is 12.5. The largest absolute Gasteiger partial charge is 0.353 e. The Balaban J connectivity index is 0.00000192. The smallest absolute Gasteiger partial charge is 0.224 e. The van der Waals surface area contributed by atoms with Gasteiger partial charge in [0.15, 0.2) is 0 Å². The Hall–Kier alpha value is -1.06. The van der Waals surface area contributed by atoms with Crippen LogP contribution in [0.5, 0.6) is 0 Å². The zero-order valence-corrected chi connectivity index (χ0v) is 14.6. The van der Waals surface area contributed by atoms with E-state index in [1.807, 2.05) is 0 Å². The summed E-state index contributed by atoms with van der Waals surface area (Å²) in [5, 5.41) is 6.72. The quantitative estimate of drug-likeness (QED) is 0.885. The zero-order valence-electron chi connectivity index (χ0n) is 13.8. The van der Waals surface area contributed by atoms with Gasteiger partial charge in [-0.05, 0) is 50.1 Å². The van der Waals surface area contributed by atoms with Gasteiger partial charge < -0.3 is 10.6 Å². The van der Waals surface area contributed by atoms with E-state index < -0.39 is 0 Å². The molecule has 2 fully saturated rings. The van der Waals surface area contributed by atoms with E-state index in [-0.39, 0.29) is 24.2 Å². The van der Waals surface area contributed by atoms with Crippen molar-refractivity contribution in [3.05, 3.63) is 35.9 Å². The lowest BCUT2D eigenvalue weighted by Gasteiger charge is -2.34. The molecule has 1 aliphatic heterocycles. The third-order valence-corrected chi connectivity index (χ3v) is 5.25. The fourth-order valence-electron chi connectivity index (χ4n) is 3.94. The maximum Gasteiger partial charge on any atom is 0.224 e. The van der Waals surface area contributed by atoms with Crippen LogP contribution in [0.2, 0.25) is 0 Å². The predicted molar refractivity (Wildman–Crippen MR) is 96.9 cm³/mol. The number of hydrogen-bond acceptors (Lipinski definition) is 2. The lowest BCUT2D eigenvalue weighted by molar-refractivity contribution is -0.126. The van der Waals surface area contributed by atoms with Gasteiger partial charge in [-0.1, -0.05) is 43.2 Å². The zero-order chi connectivity index (χ0) is 15.2. The number of carbonyl (C=O) groups is 1. The molecule has 1 aromatic carbocycles. The Morgan fingerprint density at radius 2 is 1.87 bits per heavy atom. The van der Waals surface area contributed by atoms with E-state index in [0.717, 1.165) is 38.8 Å². The first-order chi connectivity index (χ1) is 10.8. The molecule has 2 aliphatic rings. The Morgan fingerprint density at radius 1 is 1.09 bits per heavy atom. The van der Waals surface area contributed by atoms with Crippen LogP contribution in [0.4, 0.5) is 0 Å². The van der Waals surface area contributed by atoms with E-state index in [0.29, 0.717) is 12.0 Å². The molecule has 3 unspecified atom stereocenters. The number of amides is 1. The van der Waals surface area contributed by atoms with Gasteiger partial charge in [0.2, 0.25) is 5.91 Å². The van der Waals surface area contributed by atoms with Gasteiger partial charge in [-0.25, -0.2) is 0 Å². The van der Waals surface area contributed by atoms with Crippen LogP contribution in [0.15, 0.2) is 30.3 Å². The third kappa shape index (κ3) is 5.22. The van der Waals surface area contributed by atoms with Crippen molar-refractivity contribution >= 4 is 18.3 Å². The summed E-state index contributed by atoms with van der Waals surface area (Å²) < 4.78 is 0. The highest BCUT2D eigenvalue weighted by Crippen LogP contribution is 2.28. The van der Waals surface area contributed by atoms with Gasteiger partial charge in [-0.2, -0.15) is 0 Å². The van der Waals surface area contributed by atoms with Gasteiger partial charge in [0, 0.05) is 12.6 Å². The molecule has 1 aliphatic carbocycles. The van der Waals surface area contributed by atoms with Gasteiger partial charge in [-0.15, -0.1) is 12.4 Å². The van der Waals surface area contributed by atoms with E-state index >= 15 is 0 Å². The minimum absolute atomic E-state index is 0. The highest BCUT2D eigenvalue weighted by Gasteiger charge is 2.29. The molecule has 128 valence electrons. The topological polar surface area (TPSA) is 41.1 Å². The van der Waals surface area contributed by atoms with Crippen molar-refractivity contribution < 1.29 is 4.79 Å². The molecule has 1 amide bonds. The summed E-state index contributed by atoms with van der Waals surface area (Å²) in [6.45, 7) is 1.91. The van der Waals surface area contributed by atoms with Crippen molar-refractivity contribution in [2.24, 2.45) is 11.8 Å². The van der Waals surface area contributed by atoms with E-state index in [1.54, 1.807) is 0 Å². The second-order valence-corrected chi connectivity index (χ2v) is 6.89. The van der Waals surface area contributed by atoms with E-state index in [1.165, 1.54) is 24.8 Å². The number of carbonyl (C=O) groups excluding carboxylic acids is 1. The molecule has 1 heterocycles. The molecule has 0 spiro atoms. The molecule has 1 saturated heterocycles. The van der Waals surface area contributed by atoms with Gasteiger partial charge in [0.05, 0.1) is 5.92 Å². The summed E-state index contributed by atoms with van der Waals surface area (Å²) in [6.07, 6.45) is 8.18. The second-order valence-electron chi connectivity index (χ2n) is 6.89. The van der Waals surface area contributed by atoms with Crippen molar-refractivity contribution in [3.8, 4) is 0 Å². The highest BCUT2D eigenvalue weighted by molar-refractivity contribution is 5.85. The van der Waals surface area contributed by atoms with Crippen molar-refractivity contribution in [2.45, 2.75) is 51.0 Å². The molecule has 1 aromatic rings. The summed E-state index contributed by atoms with van der Waals surface area (Å²) >= 11 is 0. The third-order valence-electron chi connectivity index (χ3n) is 5.25. The highest BCUT2D eigenvalue weighted by atomic mass is 35.5. The van der Waals surface area contributed by atoms with Crippen molar-refractivity contribution in [1.82, 2.24) is 10.6 Å². The minimum atomic E-state index is 0. The average molecular weight is 337 g/mol. The van der Waals surface area contributed by atoms with Gasteiger partial charge in [-0.3, -0.25) is 4.79 Å². The monoisotopic (exact) mass is 336 g/mol. The first-order valence-electron chi connectivity index (χ1n) is 8.88. The predicted octanol–water partition coefficient (Wildman–Crippen LogP) is 3.33. The normalized spacial score (nSPS) is 27.7. The van der Waals surface area contributed by atoms with Crippen molar-refractivity contribution in [2.75, 3.05) is 13.1 Å². The fourth-order valence-corrected chi connectivity index (χ4v) is 3.94. The number of benzene rings is 1. The molecule has 3 nitrogen and oxygen atoms in total. The summed E-state index contributed by atoms with van der Waals surface area (Å²) in [7, 11) is 0. The van der Waals surface area contributed by atoms with Crippen LogP contribution in [0.25, 0.3) is 0 Å². The SMILES string of the molecule is Cl.O=C(NC1CCCCC1Cc1ccccc1)C1CCCNC1. The van der Waals surface area contributed by atoms with Crippen molar-refractivity contribution in [3.63, 3.8) is 0 Å². The molecule has 1 saturated carbocycles. The molecule has 2 N–H and O–H groups in total. The Kier molecular flexibility index (Phi) is 7.38. The Bertz CT molecular complexity index is 474. The van der Waals surface area contributed by atoms with E-state index in [2.05, 4.69) is 41.0 Å². The van der Waals surface area contributed by atoms with Crippen LogP contribution in [0.3, 0.4) is 0 Å². The number of hydrogen-bond donors (Lipinski definition) is 2. The minimum Gasteiger partial charge on any atom is -0.353 e. The summed E-state index contributed by atoms with van der Waals surface area (Å²) in [5.41, 5.74) is 1.40. The van der Waals surface area contributed by atoms with Crippen molar-refractivity contribution in [1.29, 1.82) is 0 Å². The van der Waals surface area contributed by atoms with Gasteiger partial charge in [0.1, 0.15) is 0 Å². The average Bonchev–Trinajstić information content (AvgIpc) is 2.58. The number of piperidine rings is 1. The molecular formula is C19H29ClN2O. The molecule has 0 radical (unpaired) electrons.